The average Bonchev–Trinajstić information content (AvgIpc) is 2.16. The number of nitrogens with two attached hydrogens (primary N) is 3. The Hall–Kier alpha value is -1.19. The fraction of sp³-hybridized carbons (Fsp3) is 0.111. The van der Waals surface area contributed by atoms with Crippen LogP contribution < -0.4 is 22.5 Å². The molecule has 0 aliphatic heterocycles. The fourth-order valence-electron chi connectivity index (χ4n) is 0.951. The van der Waals surface area contributed by atoms with Crippen molar-refractivity contribution in [1.82, 2.24) is 5.32 Å². The predicted molar refractivity (Wildman–Crippen MR) is 66.9 cm³/mol. The number of carbonyl (C=O) groups excluding carboxylic acids is 2. The van der Waals surface area contributed by atoms with Crippen molar-refractivity contribution in [3.05, 3.63) is 33.4 Å². The van der Waals surface area contributed by atoms with Gasteiger partial charge in [-0.15, -0.1) is 0 Å². The third kappa shape index (κ3) is 3.15. The number of halogens is 1. The van der Waals surface area contributed by atoms with Crippen LogP contribution >= 0.6 is 22.6 Å². The van der Waals surface area contributed by atoms with Crippen molar-refractivity contribution in [3.63, 3.8) is 0 Å². The highest BCUT2D eigenvalue weighted by Gasteiger charge is 2.28. The van der Waals surface area contributed by atoms with Crippen molar-refractivity contribution in [2.45, 2.75) is 5.79 Å². The molecule has 0 spiro atoms. The number of carbonyl (C=O) groups is 2. The van der Waals surface area contributed by atoms with E-state index >= 15 is 0 Å². The molecule has 1 rings (SSSR count). The molecule has 0 saturated heterocycles. The number of benzene rings is 1. The van der Waals surface area contributed by atoms with Gasteiger partial charge in [-0.25, -0.2) is 0 Å². The van der Waals surface area contributed by atoms with Gasteiger partial charge in [-0.05, 0) is 40.8 Å². The van der Waals surface area contributed by atoms with Gasteiger partial charge in [0.1, 0.15) is 0 Å². The molecule has 6 nitrogen and oxygen atoms in total. The smallest absolute Gasteiger partial charge is 0.273 e. The summed E-state index contributed by atoms with van der Waals surface area (Å²) in [7, 11) is 0. The molecule has 0 aliphatic rings. The second kappa shape index (κ2) is 4.76. The summed E-state index contributed by atoms with van der Waals surface area (Å²) in [6.07, 6.45) is 0. The summed E-state index contributed by atoms with van der Waals surface area (Å²) in [5, 5.41) is 2.14. The van der Waals surface area contributed by atoms with Crippen molar-refractivity contribution in [2.24, 2.45) is 17.2 Å². The third-order valence-electron chi connectivity index (χ3n) is 1.81. The average molecular weight is 330 g/mol. The van der Waals surface area contributed by atoms with Gasteiger partial charge in [0.15, 0.2) is 0 Å². The predicted octanol–water partition coefficient (Wildman–Crippen LogP) is -0.922. The van der Waals surface area contributed by atoms with Gasteiger partial charge in [0.2, 0.25) is 5.79 Å². The number of hydrogen-bond acceptors (Lipinski definition) is 4. The van der Waals surface area contributed by atoms with Crippen LogP contribution in [0.1, 0.15) is 10.4 Å². The van der Waals surface area contributed by atoms with E-state index < -0.39 is 17.6 Å². The Balaban J connectivity index is 2.85. The summed E-state index contributed by atoms with van der Waals surface area (Å²) in [6.45, 7) is 0. The minimum absolute atomic E-state index is 0.355. The second-order valence-corrected chi connectivity index (χ2v) is 4.44. The molecule has 7 N–H and O–H groups in total. The molecule has 0 bridgehead atoms. The van der Waals surface area contributed by atoms with E-state index in [4.69, 9.17) is 17.2 Å². The van der Waals surface area contributed by atoms with Crippen LogP contribution in [0, 0.1) is 3.57 Å². The van der Waals surface area contributed by atoms with Crippen LogP contribution in [0.2, 0.25) is 0 Å². The monoisotopic (exact) mass is 330 g/mol. The first kappa shape index (κ1) is 12.9. The van der Waals surface area contributed by atoms with Crippen LogP contribution in [0.3, 0.4) is 0 Å². The molecule has 2 amide bonds. The Morgan fingerprint density at radius 2 is 1.94 bits per heavy atom. The highest BCUT2D eigenvalue weighted by molar-refractivity contribution is 14.1. The van der Waals surface area contributed by atoms with E-state index in [2.05, 4.69) is 27.9 Å². The highest BCUT2D eigenvalue weighted by atomic mass is 123. The summed E-state index contributed by atoms with van der Waals surface area (Å²) >= 11 is 2.06. The van der Waals surface area contributed by atoms with Crippen molar-refractivity contribution < 1.29 is 9.59 Å². The number of amides is 2. The van der Waals surface area contributed by atoms with Gasteiger partial charge in [-0.1, -0.05) is 6.07 Å². The number of nitrogens with one attached hydrogen (secondary N) is 1. The number of rotatable bonds is 3. The summed E-state index contributed by atoms with van der Waals surface area (Å²) in [5.41, 5.74) is 15.9. The van der Waals surface area contributed by atoms with Crippen molar-refractivity contribution >= 4 is 34.4 Å². The van der Waals surface area contributed by atoms with Gasteiger partial charge in [-0.3, -0.25) is 21.1 Å². The first-order valence-corrected chi connectivity index (χ1v) is 5.36. The van der Waals surface area contributed by atoms with Crippen LogP contribution in [0.15, 0.2) is 24.3 Å². The normalized spacial score (nSPS) is 10.9. The number of hydrogen-bond donors (Lipinski definition) is 4. The van der Waals surface area contributed by atoms with Crippen molar-refractivity contribution in [3.8, 4) is 0 Å². The summed E-state index contributed by atoms with van der Waals surface area (Å²) in [5.74, 6) is -3.60. The van der Waals surface area contributed by atoms with E-state index in [1.54, 1.807) is 18.2 Å². The Kier molecular flexibility index (Phi) is 3.83. The molecular weight excluding hydrogens is 319 g/mol. The Morgan fingerprint density at radius 3 is 2.44 bits per heavy atom. The molecule has 0 fully saturated rings. The summed E-state index contributed by atoms with van der Waals surface area (Å²) < 4.78 is 0.879. The minimum Gasteiger partial charge on any atom is -0.365 e. The SMILES string of the molecule is NC(=O)C(N)(N)NC(=O)c1cccc([123I])c1. The zero-order chi connectivity index (χ0) is 12.3. The molecule has 1 aromatic rings. The third-order valence-corrected chi connectivity index (χ3v) is 2.49. The maximum atomic E-state index is 11.6. The maximum Gasteiger partial charge on any atom is 0.273 e. The molecular formula is C9H11IN4O2. The molecule has 7 heteroatoms. The molecule has 16 heavy (non-hydrogen) atoms. The molecule has 0 aliphatic carbocycles. The van der Waals surface area contributed by atoms with Crippen molar-refractivity contribution in [1.29, 1.82) is 0 Å². The molecule has 0 atom stereocenters. The topological polar surface area (TPSA) is 124 Å². The standard InChI is InChI=1S/C9H11IN4O2/c10-6-3-1-2-5(4-6)7(15)14-9(12,13)8(11)16/h1-4H,12-13H2,(H2,11,16)(H,14,15)/i10-4. The Morgan fingerprint density at radius 1 is 1.31 bits per heavy atom. The lowest BCUT2D eigenvalue weighted by molar-refractivity contribution is -0.123. The minimum atomic E-state index is -2.04. The lowest BCUT2D eigenvalue weighted by Gasteiger charge is -2.21. The lowest BCUT2D eigenvalue weighted by Crippen LogP contribution is -2.70. The molecule has 0 aromatic heterocycles. The zero-order valence-electron chi connectivity index (χ0n) is 8.24. The van der Waals surface area contributed by atoms with E-state index in [9.17, 15) is 9.59 Å². The summed E-state index contributed by atoms with van der Waals surface area (Å²) in [6, 6.07) is 6.74. The largest absolute Gasteiger partial charge is 0.365 e. The van der Waals surface area contributed by atoms with Gasteiger partial charge in [-0.2, -0.15) is 0 Å². The van der Waals surface area contributed by atoms with E-state index in [1.165, 1.54) is 0 Å². The molecule has 0 saturated carbocycles. The van der Waals surface area contributed by atoms with Gasteiger partial charge < -0.3 is 11.1 Å². The first-order valence-electron chi connectivity index (χ1n) is 4.28. The van der Waals surface area contributed by atoms with Gasteiger partial charge in [0.05, 0.1) is 0 Å². The van der Waals surface area contributed by atoms with E-state index in [0.29, 0.717) is 5.56 Å². The quantitative estimate of drug-likeness (QED) is 0.422. The van der Waals surface area contributed by atoms with Crippen LogP contribution in [0.25, 0.3) is 0 Å². The fourth-order valence-corrected chi connectivity index (χ4v) is 1.49. The Bertz CT molecular complexity index is 433. The zero-order valence-corrected chi connectivity index (χ0v) is 10.4. The van der Waals surface area contributed by atoms with Crippen molar-refractivity contribution in [2.75, 3.05) is 0 Å². The lowest BCUT2D eigenvalue weighted by atomic mass is 10.2. The number of primary amides is 1. The molecule has 0 heterocycles. The van der Waals surface area contributed by atoms with E-state index in [1.807, 2.05) is 6.07 Å². The van der Waals surface area contributed by atoms with Crippen LogP contribution in [0.5, 0.6) is 0 Å². The van der Waals surface area contributed by atoms with Gasteiger partial charge >= 0.3 is 0 Å². The second-order valence-electron chi connectivity index (χ2n) is 3.20. The van der Waals surface area contributed by atoms with E-state index in [-0.39, 0.29) is 0 Å². The highest BCUT2D eigenvalue weighted by Crippen LogP contribution is 2.07. The molecule has 86 valence electrons. The molecule has 1 aromatic carbocycles. The van der Waals surface area contributed by atoms with Gasteiger partial charge in [0.25, 0.3) is 11.8 Å². The van der Waals surface area contributed by atoms with Gasteiger partial charge in [0, 0.05) is 9.13 Å². The Labute approximate surface area is 106 Å². The first-order chi connectivity index (χ1) is 7.33. The van der Waals surface area contributed by atoms with Crippen LogP contribution in [-0.4, -0.2) is 17.6 Å². The maximum absolute atomic E-state index is 11.6. The molecule has 0 radical (unpaired) electrons. The summed E-state index contributed by atoms with van der Waals surface area (Å²) in [4.78, 5) is 22.4. The van der Waals surface area contributed by atoms with Crippen LogP contribution in [-0.2, 0) is 4.79 Å². The molecule has 0 unspecified atom stereocenters. The van der Waals surface area contributed by atoms with E-state index in [0.717, 1.165) is 3.57 Å². The van der Waals surface area contributed by atoms with Crippen LogP contribution in [0.4, 0.5) is 0 Å².